The Hall–Kier alpha value is -5.55. The smallest absolute Gasteiger partial charge is 0.138 e. The molecule has 5 nitrogen and oxygen atoms in total. The highest BCUT2D eigenvalue weighted by molar-refractivity contribution is 6.09. The maximum atomic E-state index is 6.54. The van der Waals surface area contributed by atoms with Crippen molar-refractivity contribution in [2.45, 2.75) is 13.8 Å². The number of hydrogen-bond acceptors (Lipinski definition) is 4. The third-order valence-corrected chi connectivity index (χ3v) is 8.69. The molecule has 0 aliphatic carbocycles. The average Bonchev–Trinajstić information content (AvgIpc) is 3.56. The second kappa shape index (κ2) is 10.3. The van der Waals surface area contributed by atoms with Gasteiger partial charge in [-0.1, -0.05) is 54.6 Å². The van der Waals surface area contributed by atoms with Crippen molar-refractivity contribution < 1.29 is 4.74 Å². The molecule has 0 atom stereocenters. The number of rotatable bonds is 5. The summed E-state index contributed by atoms with van der Waals surface area (Å²) in [6.07, 6.45) is 1.91. The number of hydrogen-bond donors (Lipinski definition) is 0. The number of ether oxygens (including phenoxy) is 1. The fourth-order valence-corrected chi connectivity index (χ4v) is 6.68. The summed E-state index contributed by atoms with van der Waals surface area (Å²) in [5.41, 5.74) is 10.6. The molecule has 2 aromatic heterocycles. The predicted octanol–water partition coefficient (Wildman–Crippen LogP) is 9.80. The first-order chi connectivity index (χ1) is 21.5. The van der Waals surface area contributed by atoms with Gasteiger partial charge in [0, 0.05) is 41.8 Å². The lowest BCUT2D eigenvalue weighted by Gasteiger charge is -2.20. The van der Waals surface area contributed by atoms with Crippen molar-refractivity contribution in [3.8, 4) is 28.4 Å². The summed E-state index contributed by atoms with van der Waals surface area (Å²) in [6, 6.07) is 42.5. The molecular formula is C39H32N4O. The lowest BCUT2D eigenvalue weighted by molar-refractivity contribution is 0.483. The number of aryl methyl sites for hydroxylation is 2. The van der Waals surface area contributed by atoms with Gasteiger partial charge in [0.1, 0.15) is 17.3 Å². The minimum absolute atomic E-state index is 0.781. The monoisotopic (exact) mass is 572 g/mol. The van der Waals surface area contributed by atoms with E-state index >= 15 is 0 Å². The van der Waals surface area contributed by atoms with E-state index in [0.717, 1.165) is 51.7 Å². The standard InChI is InChI=1S/C39H32N4O/c1-26-10-8-11-27(2)39(26)28-20-21-40-38(22-28)43-34-15-5-4-14-32(34)33-19-18-31(24-37(33)43)44-30-13-9-12-29(23-30)42-25-41(3)35-16-6-7-17-36(35)42/h4-24H,25H2,1-3H3. The van der Waals surface area contributed by atoms with Crippen LogP contribution in [0.5, 0.6) is 11.5 Å². The third kappa shape index (κ3) is 4.28. The zero-order valence-electron chi connectivity index (χ0n) is 25.0. The van der Waals surface area contributed by atoms with E-state index in [1.54, 1.807) is 0 Å². The molecule has 0 saturated carbocycles. The molecule has 8 rings (SSSR count). The highest BCUT2D eigenvalue weighted by atomic mass is 16.5. The van der Waals surface area contributed by atoms with Gasteiger partial charge >= 0.3 is 0 Å². The second-order valence-corrected chi connectivity index (χ2v) is 11.6. The fraction of sp³-hybridized carbons (Fsp3) is 0.103. The summed E-state index contributed by atoms with van der Waals surface area (Å²) in [7, 11) is 2.13. The van der Waals surface area contributed by atoms with Crippen molar-refractivity contribution in [2.24, 2.45) is 0 Å². The van der Waals surface area contributed by atoms with Gasteiger partial charge in [0.25, 0.3) is 0 Å². The topological polar surface area (TPSA) is 33.5 Å². The Morgan fingerprint density at radius 1 is 0.636 bits per heavy atom. The van der Waals surface area contributed by atoms with Gasteiger partial charge in [-0.3, -0.25) is 4.57 Å². The molecular weight excluding hydrogens is 540 g/mol. The molecule has 0 spiro atoms. The van der Waals surface area contributed by atoms with Crippen LogP contribution < -0.4 is 14.5 Å². The largest absolute Gasteiger partial charge is 0.457 e. The highest BCUT2D eigenvalue weighted by Crippen LogP contribution is 2.41. The lowest BCUT2D eigenvalue weighted by Crippen LogP contribution is -2.23. The van der Waals surface area contributed by atoms with Gasteiger partial charge in [-0.25, -0.2) is 4.98 Å². The number of para-hydroxylation sites is 3. The van der Waals surface area contributed by atoms with E-state index in [-0.39, 0.29) is 0 Å². The molecule has 3 heterocycles. The van der Waals surface area contributed by atoms with E-state index in [9.17, 15) is 0 Å². The Balaban J connectivity index is 1.21. The molecule has 5 aromatic carbocycles. The molecule has 1 aliphatic rings. The minimum Gasteiger partial charge on any atom is -0.457 e. The van der Waals surface area contributed by atoms with Crippen LogP contribution in [0.15, 0.2) is 128 Å². The van der Waals surface area contributed by atoms with Crippen LogP contribution in [0.1, 0.15) is 11.1 Å². The van der Waals surface area contributed by atoms with Crippen LogP contribution in [0.4, 0.5) is 17.1 Å². The van der Waals surface area contributed by atoms with E-state index in [1.807, 2.05) is 12.3 Å². The van der Waals surface area contributed by atoms with E-state index in [4.69, 9.17) is 9.72 Å². The van der Waals surface area contributed by atoms with Gasteiger partial charge < -0.3 is 14.5 Å². The molecule has 7 aromatic rings. The molecule has 5 heteroatoms. The average molecular weight is 573 g/mol. The molecule has 0 bridgehead atoms. The first kappa shape index (κ1) is 26.1. The molecule has 0 radical (unpaired) electrons. The van der Waals surface area contributed by atoms with E-state index in [0.29, 0.717) is 0 Å². The first-order valence-electron chi connectivity index (χ1n) is 15.0. The second-order valence-electron chi connectivity index (χ2n) is 11.6. The van der Waals surface area contributed by atoms with Crippen LogP contribution in [0.25, 0.3) is 38.8 Å². The molecule has 214 valence electrons. The Morgan fingerprint density at radius 3 is 2.23 bits per heavy atom. The summed E-state index contributed by atoms with van der Waals surface area (Å²) in [5.74, 6) is 2.46. The number of nitrogens with zero attached hydrogens (tertiary/aromatic N) is 4. The molecule has 0 fully saturated rings. The highest BCUT2D eigenvalue weighted by Gasteiger charge is 2.24. The summed E-state index contributed by atoms with van der Waals surface area (Å²) in [5, 5.41) is 2.35. The zero-order valence-corrected chi connectivity index (χ0v) is 25.0. The van der Waals surface area contributed by atoms with Crippen LogP contribution >= 0.6 is 0 Å². The molecule has 0 N–H and O–H groups in total. The fourth-order valence-electron chi connectivity index (χ4n) is 6.68. The van der Waals surface area contributed by atoms with Gasteiger partial charge in [0.2, 0.25) is 0 Å². The quantitative estimate of drug-likeness (QED) is 0.206. The summed E-state index contributed by atoms with van der Waals surface area (Å²) < 4.78 is 8.79. The van der Waals surface area contributed by atoms with Gasteiger partial charge in [0.05, 0.1) is 29.1 Å². The lowest BCUT2D eigenvalue weighted by atomic mass is 9.96. The van der Waals surface area contributed by atoms with Crippen molar-refractivity contribution in [2.75, 3.05) is 23.5 Å². The number of fused-ring (bicyclic) bond motifs is 4. The van der Waals surface area contributed by atoms with Crippen molar-refractivity contribution in [1.82, 2.24) is 9.55 Å². The van der Waals surface area contributed by atoms with Gasteiger partial charge in [-0.15, -0.1) is 0 Å². The van der Waals surface area contributed by atoms with E-state index in [1.165, 1.54) is 33.5 Å². The van der Waals surface area contributed by atoms with Gasteiger partial charge in [-0.05, 0) is 90.7 Å². The molecule has 0 saturated heterocycles. The number of aromatic nitrogens is 2. The van der Waals surface area contributed by atoms with Crippen LogP contribution in [-0.2, 0) is 0 Å². The van der Waals surface area contributed by atoms with Crippen LogP contribution in [0.3, 0.4) is 0 Å². The zero-order chi connectivity index (χ0) is 29.8. The number of anilines is 3. The molecule has 0 amide bonds. The van der Waals surface area contributed by atoms with Crippen molar-refractivity contribution in [1.29, 1.82) is 0 Å². The van der Waals surface area contributed by atoms with E-state index in [2.05, 4.69) is 151 Å². The van der Waals surface area contributed by atoms with E-state index < -0.39 is 0 Å². The Bertz CT molecular complexity index is 2180. The SMILES string of the molecule is Cc1cccc(C)c1-c1ccnc(-n2c3ccccc3c3ccc(Oc4cccc(N5CN(C)c6ccccc65)c4)cc32)c1. The Kier molecular flexibility index (Phi) is 6.12. The summed E-state index contributed by atoms with van der Waals surface area (Å²) >= 11 is 0. The number of pyridine rings is 1. The molecule has 1 aliphatic heterocycles. The van der Waals surface area contributed by atoms with Gasteiger partial charge in [-0.2, -0.15) is 0 Å². The maximum absolute atomic E-state index is 6.54. The number of benzene rings is 5. The third-order valence-electron chi connectivity index (χ3n) is 8.69. The Morgan fingerprint density at radius 2 is 1.36 bits per heavy atom. The van der Waals surface area contributed by atoms with Crippen LogP contribution in [0, 0.1) is 13.8 Å². The van der Waals surface area contributed by atoms with Gasteiger partial charge in [0.15, 0.2) is 0 Å². The minimum atomic E-state index is 0.781. The molecule has 44 heavy (non-hydrogen) atoms. The van der Waals surface area contributed by atoms with Crippen molar-refractivity contribution >= 4 is 38.9 Å². The summed E-state index contributed by atoms with van der Waals surface area (Å²) in [6.45, 7) is 5.13. The van der Waals surface area contributed by atoms with Crippen molar-refractivity contribution in [3.05, 3.63) is 139 Å². The normalized spacial score (nSPS) is 12.7. The van der Waals surface area contributed by atoms with Crippen molar-refractivity contribution in [3.63, 3.8) is 0 Å². The predicted molar refractivity (Wildman–Crippen MR) is 182 cm³/mol. The van der Waals surface area contributed by atoms with Crippen LogP contribution in [0.2, 0.25) is 0 Å². The van der Waals surface area contributed by atoms with Crippen LogP contribution in [-0.4, -0.2) is 23.3 Å². The Labute approximate surface area is 257 Å². The maximum Gasteiger partial charge on any atom is 0.138 e. The summed E-state index contributed by atoms with van der Waals surface area (Å²) in [4.78, 5) is 9.45. The molecule has 0 unspecified atom stereocenters. The first-order valence-corrected chi connectivity index (χ1v) is 15.0.